The first-order valence-corrected chi connectivity index (χ1v) is 48.2. The van der Waals surface area contributed by atoms with Crippen LogP contribution in [0.3, 0.4) is 0 Å². The molecule has 8 aromatic carbocycles. The molecular formula is C101H128O16Si. The van der Waals surface area contributed by atoms with Gasteiger partial charge in [-0.05, 0) is 226 Å². The van der Waals surface area contributed by atoms with Crippen LogP contribution in [0.4, 0.5) is 0 Å². The second-order valence-corrected chi connectivity index (χ2v) is 43.6. The van der Waals surface area contributed by atoms with Crippen LogP contribution in [0, 0.1) is 17.8 Å². The van der Waals surface area contributed by atoms with Gasteiger partial charge in [0.2, 0.25) is 0 Å². The first kappa shape index (κ1) is 82.9. The Balaban J connectivity index is 0.581. The highest BCUT2D eigenvalue weighted by molar-refractivity contribution is 6.69. The quantitative estimate of drug-likeness (QED) is 0.0417. The summed E-state index contributed by atoms with van der Waals surface area (Å²) < 4.78 is 116. The topological polar surface area (TPSA) is 148 Å². The summed E-state index contributed by atoms with van der Waals surface area (Å²) in [6.07, 6.45) is 8.78. The summed E-state index contributed by atoms with van der Waals surface area (Å²) in [5.41, 5.74) is 1.72. The zero-order valence-electron chi connectivity index (χ0n) is 71.7. The molecule has 25 atom stereocenters. The summed E-state index contributed by atoms with van der Waals surface area (Å²) in [4.78, 5) is 0. The van der Waals surface area contributed by atoms with E-state index in [9.17, 15) is 0 Å². The lowest BCUT2D eigenvalue weighted by atomic mass is 9.72. The van der Waals surface area contributed by atoms with Gasteiger partial charge in [0.1, 0.15) is 23.9 Å². The molecule has 0 bridgehead atoms. The Hall–Kier alpha value is -6.04. The lowest BCUT2D eigenvalue weighted by Gasteiger charge is -2.62. The number of hydrogen-bond acceptors (Lipinski definition) is 16. The Morgan fingerprint density at radius 2 is 1.08 bits per heavy atom. The molecule has 632 valence electrons. The fourth-order valence-corrected chi connectivity index (χ4v) is 24.0. The van der Waals surface area contributed by atoms with E-state index in [-0.39, 0.29) is 104 Å². The molecule has 0 saturated carbocycles. The van der Waals surface area contributed by atoms with Gasteiger partial charge in [0, 0.05) is 51.6 Å². The first-order chi connectivity index (χ1) is 56.8. The van der Waals surface area contributed by atoms with Crippen molar-refractivity contribution in [2.75, 3.05) is 13.2 Å². The van der Waals surface area contributed by atoms with Crippen LogP contribution in [-0.4, -0.2) is 160 Å². The van der Waals surface area contributed by atoms with Crippen LogP contribution in [0.25, 0.3) is 43.1 Å². The van der Waals surface area contributed by atoms with Crippen LogP contribution >= 0.6 is 0 Å². The average Bonchev–Trinajstić information content (AvgIpc) is 0.873. The van der Waals surface area contributed by atoms with E-state index >= 15 is 0 Å². The van der Waals surface area contributed by atoms with Crippen molar-refractivity contribution in [2.24, 2.45) is 17.8 Å². The number of ether oxygens (including phenoxy) is 15. The number of hydrogen-bond donors (Lipinski definition) is 0. The minimum Gasteiger partial charge on any atom is -0.492 e. The molecule has 0 unspecified atom stereocenters. The summed E-state index contributed by atoms with van der Waals surface area (Å²) in [5, 5.41) is 9.68. The molecular weight excluding hydrogens is 1500 g/mol. The van der Waals surface area contributed by atoms with Crippen molar-refractivity contribution in [1.82, 2.24) is 0 Å². The van der Waals surface area contributed by atoms with E-state index in [1.54, 1.807) is 0 Å². The van der Waals surface area contributed by atoms with E-state index in [2.05, 4.69) is 244 Å². The Labute approximate surface area is 700 Å². The smallest absolute Gasteiger partial charge is 0.184 e. The van der Waals surface area contributed by atoms with Gasteiger partial charge in [0.05, 0.1) is 147 Å². The van der Waals surface area contributed by atoms with Crippen LogP contribution in [0.2, 0.25) is 19.6 Å². The summed E-state index contributed by atoms with van der Waals surface area (Å²) >= 11 is 0. The first-order valence-electron chi connectivity index (χ1n) is 44.8. The standard InChI is InChI=1S/C101H128O16Si/c1-63-29-38-78(107-87-56-92-101(9,116-94(63)87)96(105-61-69-33-37-73-24-16-20-28-77(73)51-69)95-88(110-92)57-98(6)90(112-95)55-86-83(114-98)44-46-106-97(4,5)113-86)39-42-89-100(8,117-118(10,11)12)62-99(7)91(111-89)54-85-82(115-99)41-40-81(104-60-68-32-36-72-23-15-19-27-76(72)50-68)84(109-85)53-79(103-59-67-31-35-71-22-14-18-26-75(71)49-67)52-80-47-65(3)93(108-80)64(2)43-45-102-58-66-30-34-70-21-13-17-25-74(70)48-66/h13-28,30-38,48-51,63-65,79-96H,29,39-47,52-62H2,1-12H3/t63-,64+,65-,79-,80+,81+,82-,83+,84-,85+,86-,87+,88+,89+,90+,91-,92-,93-,94-,95+,96-,98-,99+,100-,101-/m1/s1. The summed E-state index contributed by atoms with van der Waals surface area (Å²) in [5.74, 6) is 1.03. The van der Waals surface area contributed by atoms with E-state index in [0.717, 1.165) is 67.4 Å². The molecule has 0 radical (unpaired) electrons. The van der Waals surface area contributed by atoms with Crippen molar-refractivity contribution in [3.63, 3.8) is 0 Å². The van der Waals surface area contributed by atoms with Crippen LogP contribution < -0.4 is 0 Å². The van der Waals surface area contributed by atoms with E-state index in [1.807, 2.05) is 13.8 Å². The predicted molar refractivity (Wildman–Crippen MR) is 462 cm³/mol. The van der Waals surface area contributed by atoms with Gasteiger partial charge in [0.25, 0.3) is 0 Å². The van der Waals surface area contributed by atoms with E-state index in [0.29, 0.717) is 103 Å². The van der Waals surface area contributed by atoms with Gasteiger partial charge in [-0.2, -0.15) is 0 Å². The maximum Gasteiger partial charge on any atom is 0.184 e. The molecule has 118 heavy (non-hydrogen) atoms. The summed E-state index contributed by atoms with van der Waals surface area (Å²) in [7, 11) is -2.20. The third-order valence-electron chi connectivity index (χ3n) is 28.3. The molecule has 8 aromatic rings. The van der Waals surface area contributed by atoms with Crippen LogP contribution in [-0.2, 0) is 102 Å². The van der Waals surface area contributed by atoms with Gasteiger partial charge >= 0.3 is 0 Å². The molecule has 0 spiro atoms. The minimum atomic E-state index is -2.20. The Morgan fingerprint density at radius 3 is 1.72 bits per heavy atom. The Kier molecular flexibility index (Phi) is 24.0. The molecule has 18 rings (SSSR count). The average molecular weight is 1630 g/mol. The number of benzene rings is 8. The highest BCUT2D eigenvalue weighted by Gasteiger charge is 2.66. The van der Waals surface area contributed by atoms with Crippen LogP contribution in [0.15, 0.2) is 182 Å². The molecule has 10 aliphatic heterocycles. The number of allylic oxidation sites excluding steroid dienone is 2. The summed E-state index contributed by atoms with van der Waals surface area (Å²) in [6.45, 7) is 30.0. The maximum atomic E-state index is 7.79. The molecule has 0 amide bonds. The van der Waals surface area contributed by atoms with Crippen molar-refractivity contribution < 1.29 is 75.5 Å². The van der Waals surface area contributed by atoms with Gasteiger partial charge in [-0.15, -0.1) is 0 Å². The normalized spacial score (nSPS) is 36.4. The number of rotatable bonds is 24. The highest BCUT2D eigenvalue weighted by atomic mass is 28.4. The molecule has 10 aliphatic rings. The number of fused-ring (bicyclic) bond motifs is 11. The van der Waals surface area contributed by atoms with Crippen LogP contribution in [0.5, 0.6) is 0 Å². The summed E-state index contributed by atoms with van der Waals surface area (Å²) in [6, 6.07) is 60.8. The van der Waals surface area contributed by atoms with Crippen LogP contribution in [0.1, 0.15) is 181 Å². The van der Waals surface area contributed by atoms with Crippen molar-refractivity contribution in [3.05, 3.63) is 204 Å². The lowest BCUT2D eigenvalue weighted by molar-refractivity contribution is -0.382. The zero-order chi connectivity index (χ0) is 81.3. The molecule has 10 heterocycles. The molecule has 9 saturated heterocycles. The minimum absolute atomic E-state index is 0.000113. The van der Waals surface area contributed by atoms with Gasteiger partial charge < -0.3 is 75.5 Å². The van der Waals surface area contributed by atoms with Crippen molar-refractivity contribution >= 4 is 51.4 Å². The van der Waals surface area contributed by atoms with Crippen molar-refractivity contribution in [1.29, 1.82) is 0 Å². The molecule has 17 heteroatoms. The van der Waals surface area contributed by atoms with E-state index in [1.165, 1.54) is 48.7 Å². The highest BCUT2D eigenvalue weighted by Crippen LogP contribution is 2.55. The second-order valence-electron chi connectivity index (χ2n) is 39.2. The molecule has 9 fully saturated rings. The molecule has 0 N–H and O–H groups in total. The largest absolute Gasteiger partial charge is 0.492 e. The van der Waals surface area contributed by atoms with Gasteiger partial charge in [-0.25, -0.2) is 0 Å². The van der Waals surface area contributed by atoms with Gasteiger partial charge in [-0.1, -0.05) is 166 Å². The van der Waals surface area contributed by atoms with E-state index < -0.39 is 48.7 Å². The fraction of sp³-hybridized carbons (Fsp3) is 0.584. The molecule has 0 aliphatic carbocycles. The third kappa shape index (κ3) is 18.0. The Morgan fingerprint density at radius 1 is 0.500 bits per heavy atom. The SMILES string of the molecule is C[C@@H]1CC=C(CC[C@@H]2O[C@@H]3C[C@@H]4O[C@H](C[C@@H](C[C@@H]5C[C@@H](C)[C@@H]([C@@H](C)CCOCc6ccc7ccccc7c6)O5)OCc5ccc6ccccc6c5)[C@@H](OCc5ccc6ccccc6c5)CC[C@H]4O[C@@]3(C)C[C@@]2(C)O[Si](C)(C)C)O[C@H]2C[C@H]3O[C@H]4C[C@@]5(C)O[C@H]6CCOC(C)(C)O[C@@H]6C[C@@H]5O[C@@H]4[C@@H](OCc4ccc5ccccc5c4)[C@]3(C)O[C@H]12. The monoisotopic (exact) mass is 1620 g/mol. The third-order valence-corrected chi connectivity index (χ3v) is 29.4. The molecule has 16 nitrogen and oxygen atoms in total. The molecule has 0 aromatic heterocycles. The zero-order valence-corrected chi connectivity index (χ0v) is 72.7. The fourth-order valence-electron chi connectivity index (χ4n) is 22.4. The lowest BCUT2D eigenvalue weighted by Crippen LogP contribution is -2.75. The van der Waals surface area contributed by atoms with Gasteiger partial charge in [0.15, 0.2) is 14.1 Å². The second kappa shape index (κ2) is 34.2. The predicted octanol–water partition coefficient (Wildman–Crippen LogP) is 20.7. The van der Waals surface area contributed by atoms with Crippen molar-refractivity contribution in [3.8, 4) is 0 Å². The Bertz CT molecular complexity index is 4830. The van der Waals surface area contributed by atoms with Crippen molar-refractivity contribution in [2.45, 2.75) is 343 Å². The van der Waals surface area contributed by atoms with Gasteiger partial charge in [-0.3, -0.25) is 0 Å². The maximum absolute atomic E-state index is 7.79. The van der Waals surface area contributed by atoms with E-state index in [4.69, 9.17) is 75.5 Å².